The molecule has 0 aliphatic carbocycles. The Bertz CT molecular complexity index is 499. The summed E-state index contributed by atoms with van der Waals surface area (Å²) in [6.45, 7) is 0. The second-order valence-electron chi connectivity index (χ2n) is 3.11. The predicted molar refractivity (Wildman–Crippen MR) is 62.5 cm³/mol. The van der Waals surface area contributed by atoms with E-state index in [0.29, 0.717) is 10.7 Å². The van der Waals surface area contributed by atoms with E-state index in [1.807, 2.05) is 0 Å². The van der Waals surface area contributed by atoms with Crippen molar-refractivity contribution in [2.45, 2.75) is 0 Å². The van der Waals surface area contributed by atoms with Gasteiger partial charge in [-0.2, -0.15) is 0 Å². The molecule has 0 saturated heterocycles. The first-order chi connectivity index (χ1) is 7.75. The fourth-order valence-corrected chi connectivity index (χ4v) is 1.39. The van der Waals surface area contributed by atoms with Gasteiger partial charge in [-0.25, -0.2) is 4.98 Å². The van der Waals surface area contributed by atoms with E-state index in [0.717, 1.165) is 5.69 Å². The zero-order valence-corrected chi connectivity index (χ0v) is 9.03. The van der Waals surface area contributed by atoms with Crippen molar-refractivity contribution in [2.24, 2.45) is 0 Å². The molecule has 0 saturated carbocycles. The normalized spacial score (nSPS) is 9.81. The van der Waals surface area contributed by atoms with E-state index in [2.05, 4.69) is 16.4 Å². The number of anilines is 1. The van der Waals surface area contributed by atoms with Gasteiger partial charge in [-0.15, -0.1) is 0 Å². The number of hydrogen-bond donors (Lipinski definition) is 1. The van der Waals surface area contributed by atoms with E-state index in [1.165, 1.54) is 12.3 Å². The Hall–Kier alpha value is -1.87. The molecule has 79 valence electrons. The first kappa shape index (κ1) is 10.6. The van der Waals surface area contributed by atoms with E-state index >= 15 is 0 Å². The number of pyridine rings is 1. The number of benzene rings is 1. The number of halogens is 1. The van der Waals surface area contributed by atoms with Crippen molar-refractivity contribution in [3.8, 4) is 0 Å². The summed E-state index contributed by atoms with van der Waals surface area (Å²) in [6, 6.07) is 13.0. The average Bonchev–Trinajstić information content (AvgIpc) is 2.30. The van der Waals surface area contributed by atoms with Crippen molar-refractivity contribution in [1.82, 2.24) is 4.98 Å². The van der Waals surface area contributed by atoms with E-state index in [1.54, 1.807) is 30.3 Å². The molecule has 0 spiro atoms. The largest absolute Gasteiger partial charge is 0.322 e. The van der Waals surface area contributed by atoms with Crippen molar-refractivity contribution in [1.29, 1.82) is 0 Å². The molecule has 1 N–H and O–H groups in total. The molecule has 0 aliphatic heterocycles. The molecule has 1 aromatic carbocycles. The molecule has 16 heavy (non-hydrogen) atoms. The lowest BCUT2D eigenvalue weighted by atomic mass is 10.2. The lowest BCUT2D eigenvalue weighted by Gasteiger charge is -2.04. The molecule has 1 radical (unpaired) electrons. The van der Waals surface area contributed by atoms with Crippen molar-refractivity contribution in [2.75, 3.05) is 5.32 Å². The zero-order chi connectivity index (χ0) is 11.4. The number of hydrogen-bond acceptors (Lipinski definition) is 2. The van der Waals surface area contributed by atoms with Gasteiger partial charge in [0.25, 0.3) is 5.91 Å². The van der Waals surface area contributed by atoms with Crippen LogP contribution in [0.5, 0.6) is 0 Å². The van der Waals surface area contributed by atoms with Crippen LogP contribution in [-0.2, 0) is 0 Å². The average molecular weight is 232 g/mol. The van der Waals surface area contributed by atoms with Crippen LogP contribution in [0.4, 0.5) is 5.69 Å². The Morgan fingerprint density at radius 2 is 2.06 bits per heavy atom. The molecular formula is C12H8ClN2O. The van der Waals surface area contributed by atoms with Crippen LogP contribution in [0.3, 0.4) is 0 Å². The standard InChI is InChI=1S/C12H8ClN2O/c13-11-8-9(6-7-14-11)12(16)15-10-4-2-1-3-5-10/h2-8H,(H,15,16). The first-order valence-electron chi connectivity index (χ1n) is 4.65. The molecule has 1 aromatic heterocycles. The van der Waals surface area contributed by atoms with Crippen molar-refractivity contribution in [3.05, 3.63) is 59.4 Å². The summed E-state index contributed by atoms with van der Waals surface area (Å²) in [4.78, 5) is 15.6. The SMILES string of the molecule is O=C(Nc1cc[c]cc1)c1ccnc(Cl)c1. The van der Waals surface area contributed by atoms with Crippen LogP contribution in [0.2, 0.25) is 5.15 Å². The summed E-state index contributed by atoms with van der Waals surface area (Å²) in [5.41, 5.74) is 1.20. The summed E-state index contributed by atoms with van der Waals surface area (Å²) < 4.78 is 0. The van der Waals surface area contributed by atoms with Crippen molar-refractivity contribution < 1.29 is 4.79 Å². The maximum atomic E-state index is 11.8. The highest BCUT2D eigenvalue weighted by Gasteiger charge is 2.06. The van der Waals surface area contributed by atoms with Crippen LogP contribution in [0, 0.1) is 6.07 Å². The van der Waals surface area contributed by atoms with E-state index in [9.17, 15) is 4.79 Å². The Morgan fingerprint density at radius 1 is 1.31 bits per heavy atom. The first-order valence-corrected chi connectivity index (χ1v) is 5.02. The Morgan fingerprint density at radius 3 is 2.75 bits per heavy atom. The summed E-state index contributed by atoms with van der Waals surface area (Å²) in [6.07, 6.45) is 1.50. The van der Waals surface area contributed by atoms with Crippen LogP contribution in [0.25, 0.3) is 0 Å². The number of nitrogens with zero attached hydrogens (tertiary/aromatic N) is 1. The van der Waals surface area contributed by atoms with Gasteiger partial charge < -0.3 is 5.32 Å². The van der Waals surface area contributed by atoms with Gasteiger partial charge in [0, 0.05) is 17.4 Å². The number of aromatic nitrogens is 1. The van der Waals surface area contributed by atoms with Crippen molar-refractivity contribution >= 4 is 23.2 Å². The van der Waals surface area contributed by atoms with Gasteiger partial charge in [-0.05, 0) is 30.3 Å². The van der Waals surface area contributed by atoms with Crippen LogP contribution in [0.15, 0.2) is 42.6 Å². The van der Waals surface area contributed by atoms with Gasteiger partial charge in [-0.1, -0.05) is 23.7 Å². The lowest BCUT2D eigenvalue weighted by molar-refractivity contribution is 0.102. The van der Waals surface area contributed by atoms with Gasteiger partial charge in [0.2, 0.25) is 0 Å². The fraction of sp³-hybridized carbons (Fsp3) is 0. The Kier molecular flexibility index (Phi) is 3.17. The Balaban J connectivity index is 2.15. The third-order valence-corrected chi connectivity index (χ3v) is 2.17. The molecule has 0 unspecified atom stereocenters. The maximum Gasteiger partial charge on any atom is 0.255 e. The maximum absolute atomic E-state index is 11.8. The second-order valence-corrected chi connectivity index (χ2v) is 3.50. The zero-order valence-electron chi connectivity index (χ0n) is 8.27. The summed E-state index contributed by atoms with van der Waals surface area (Å²) in [5.74, 6) is -0.212. The Labute approximate surface area is 98.1 Å². The lowest BCUT2D eigenvalue weighted by Crippen LogP contribution is -2.11. The molecular weight excluding hydrogens is 224 g/mol. The second kappa shape index (κ2) is 4.77. The highest BCUT2D eigenvalue weighted by Crippen LogP contribution is 2.10. The number of amides is 1. The number of rotatable bonds is 2. The van der Waals surface area contributed by atoms with E-state index in [-0.39, 0.29) is 5.91 Å². The van der Waals surface area contributed by atoms with Gasteiger partial charge in [0.05, 0.1) is 0 Å². The summed E-state index contributed by atoms with van der Waals surface area (Å²) in [5, 5.41) is 3.04. The summed E-state index contributed by atoms with van der Waals surface area (Å²) in [7, 11) is 0. The highest BCUT2D eigenvalue weighted by molar-refractivity contribution is 6.29. The summed E-state index contributed by atoms with van der Waals surface area (Å²) >= 11 is 5.70. The molecule has 4 heteroatoms. The number of nitrogens with one attached hydrogen (secondary N) is 1. The molecule has 3 nitrogen and oxygen atoms in total. The molecule has 0 bridgehead atoms. The highest BCUT2D eigenvalue weighted by atomic mass is 35.5. The van der Waals surface area contributed by atoms with Crippen molar-refractivity contribution in [3.63, 3.8) is 0 Å². The third-order valence-electron chi connectivity index (χ3n) is 1.96. The van der Waals surface area contributed by atoms with E-state index < -0.39 is 0 Å². The van der Waals surface area contributed by atoms with Crippen LogP contribution >= 0.6 is 11.6 Å². The van der Waals surface area contributed by atoms with Crippen LogP contribution < -0.4 is 5.32 Å². The monoisotopic (exact) mass is 231 g/mol. The van der Waals surface area contributed by atoms with Gasteiger partial charge in [0.1, 0.15) is 5.15 Å². The van der Waals surface area contributed by atoms with Gasteiger partial charge in [-0.3, -0.25) is 4.79 Å². The third kappa shape index (κ3) is 2.58. The topological polar surface area (TPSA) is 42.0 Å². The smallest absolute Gasteiger partial charge is 0.255 e. The fourth-order valence-electron chi connectivity index (χ4n) is 1.22. The van der Waals surface area contributed by atoms with Crippen LogP contribution in [-0.4, -0.2) is 10.9 Å². The molecule has 0 atom stereocenters. The molecule has 0 fully saturated rings. The van der Waals surface area contributed by atoms with Gasteiger partial charge in [0.15, 0.2) is 0 Å². The van der Waals surface area contributed by atoms with Gasteiger partial charge >= 0.3 is 0 Å². The number of carbonyl (C=O) groups excluding carboxylic acids is 1. The number of carbonyl (C=O) groups is 1. The minimum atomic E-state index is -0.212. The minimum absolute atomic E-state index is 0.212. The molecule has 1 amide bonds. The quantitative estimate of drug-likeness (QED) is 0.808. The van der Waals surface area contributed by atoms with Crippen LogP contribution in [0.1, 0.15) is 10.4 Å². The molecule has 2 aromatic rings. The minimum Gasteiger partial charge on any atom is -0.322 e. The molecule has 0 aliphatic rings. The molecule has 2 rings (SSSR count). The van der Waals surface area contributed by atoms with E-state index in [4.69, 9.17) is 11.6 Å². The predicted octanol–water partition coefficient (Wildman–Crippen LogP) is 2.79. The molecule has 1 heterocycles.